The van der Waals surface area contributed by atoms with Crippen LogP contribution in [0.2, 0.25) is 0 Å². The number of allylic oxidation sites excluding steroid dienone is 2. The lowest BCUT2D eigenvalue weighted by Gasteiger charge is -2.16. The molecule has 2 heterocycles. The quantitative estimate of drug-likeness (QED) is 0.300. The smallest absolute Gasteiger partial charge is 0.206 e. The van der Waals surface area contributed by atoms with Crippen molar-refractivity contribution in [3.05, 3.63) is 101 Å². The van der Waals surface area contributed by atoms with E-state index in [1.54, 1.807) is 10.8 Å². The fraction of sp³-hybridized carbons (Fsp3) is 0. The van der Waals surface area contributed by atoms with E-state index in [4.69, 9.17) is 0 Å². The van der Waals surface area contributed by atoms with Gasteiger partial charge in [0.25, 0.3) is 0 Å². The Morgan fingerprint density at radius 1 is 0.643 bits per heavy atom. The Bertz CT molecular complexity index is 924. The molecule has 2 aliphatic rings. The number of benzene rings is 2. The van der Waals surface area contributed by atoms with Gasteiger partial charge in [-0.2, -0.15) is 0 Å². The molecule has 0 atom stereocenters. The van der Waals surface area contributed by atoms with Crippen LogP contribution in [-0.2, 0) is 23.5 Å². The highest BCUT2D eigenvalue weighted by Gasteiger charge is 2.37. The lowest BCUT2D eigenvalue weighted by atomic mass is 9.93. The molecule has 0 amide bonds. The third-order valence-corrected chi connectivity index (χ3v) is 8.56. The fourth-order valence-corrected chi connectivity index (χ4v) is 6.93. The maximum absolute atomic E-state index is 14.8. The van der Waals surface area contributed by atoms with Crippen LogP contribution in [0.1, 0.15) is 11.1 Å². The summed E-state index contributed by atoms with van der Waals surface area (Å²) in [5.41, 5.74) is -0.159. The van der Waals surface area contributed by atoms with Crippen molar-refractivity contribution in [3.8, 4) is 0 Å². The van der Waals surface area contributed by atoms with E-state index in [0.717, 1.165) is 47.8 Å². The Balaban J connectivity index is 2.08. The monoisotopic (exact) mass is 456 g/mol. The Labute approximate surface area is 176 Å². The number of thiol groups is 2. The molecule has 4 rings (SSSR count). The molecule has 0 fully saturated rings. The summed E-state index contributed by atoms with van der Waals surface area (Å²) in [5, 5.41) is 7.26. The molecule has 8 heteroatoms. The van der Waals surface area contributed by atoms with Gasteiger partial charge in [-0.05, 0) is 35.1 Å². The molecule has 0 radical (unpaired) electrons. The Morgan fingerprint density at radius 2 is 1.07 bits per heavy atom. The number of hydrogen-bond donors (Lipinski definition) is 0. The second kappa shape index (κ2) is 8.49. The van der Waals surface area contributed by atoms with E-state index >= 15 is 0 Å². The third kappa shape index (κ3) is 3.70. The summed E-state index contributed by atoms with van der Waals surface area (Å²) in [4.78, 5) is 0. The maximum atomic E-state index is 14.8. The second-order valence-electron chi connectivity index (χ2n) is 5.62. The molecule has 0 spiro atoms. The van der Waals surface area contributed by atoms with E-state index in [1.165, 1.54) is 35.7 Å². The molecule has 2 aromatic rings. The molecule has 0 N–H and O–H groups in total. The Morgan fingerprint density at radius 3 is 1.54 bits per heavy atom. The molecule has 0 saturated carbocycles. The van der Waals surface area contributed by atoms with E-state index in [0.29, 0.717) is 8.47 Å². The topological polar surface area (TPSA) is 0 Å². The van der Waals surface area contributed by atoms with E-state index in [1.807, 2.05) is 10.8 Å². The Kier molecular flexibility index (Phi) is 6.01. The molecular weight excluding hydrogens is 444 g/mol. The van der Waals surface area contributed by atoms with Gasteiger partial charge in [0.15, 0.2) is 10.8 Å². The van der Waals surface area contributed by atoms with Crippen molar-refractivity contribution >= 4 is 58.2 Å². The highest BCUT2D eigenvalue weighted by atomic mass is 32.2. The minimum Gasteiger partial charge on any atom is -0.206 e. The average molecular weight is 457 g/mol. The standard InChI is InChI=1S/C20H10F4S4/c21-11-3-1-4-12(22)15(11)17(19-25-7-8-26-19)18(20-27-9-10-28-20)16-13(23)5-2-6-14(16)24/h1-10H/p+2. The summed E-state index contributed by atoms with van der Waals surface area (Å²) < 4.78 is 60.3. The van der Waals surface area contributed by atoms with Gasteiger partial charge in [0.05, 0.1) is 38.9 Å². The van der Waals surface area contributed by atoms with Crippen molar-refractivity contribution in [2.75, 3.05) is 0 Å². The molecule has 0 aliphatic carbocycles. The van der Waals surface area contributed by atoms with Crippen LogP contribution in [0, 0.1) is 23.3 Å². The highest BCUT2D eigenvalue weighted by molar-refractivity contribution is 8.27. The minimum absolute atomic E-state index is 0.179. The van der Waals surface area contributed by atoms with E-state index in [9.17, 15) is 17.6 Å². The SMILES string of the molecule is Fc1cccc(F)c1C(=C1SC=CS1)C(=C1[SH+]C=C[SH+]1)c1c(F)cccc1F. The normalized spacial score (nSPS) is 15.6. The first-order chi connectivity index (χ1) is 13.6. The summed E-state index contributed by atoms with van der Waals surface area (Å²) in [5.74, 6) is -3.08. The van der Waals surface area contributed by atoms with Crippen LogP contribution >= 0.6 is 23.5 Å². The van der Waals surface area contributed by atoms with Crippen molar-refractivity contribution in [1.29, 1.82) is 0 Å². The van der Waals surface area contributed by atoms with Crippen molar-refractivity contribution in [3.63, 3.8) is 0 Å². The van der Waals surface area contributed by atoms with Gasteiger partial charge in [0.1, 0.15) is 28.8 Å². The number of hydrogen-bond acceptors (Lipinski definition) is 2. The van der Waals surface area contributed by atoms with Gasteiger partial charge >= 0.3 is 4.24 Å². The lowest BCUT2D eigenvalue weighted by molar-refractivity contribution is 0.573. The zero-order valence-corrected chi connectivity index (χ0v) is 17.4. The van der Waals surface area contributed by atoms with Crippen molar-refractivity contribution in [2.45, 2.75) is 0 Å². The van der Waals surface area contributed by atoms with E-state index in [-0.39, 0.29) is 22.3 Å². The third-order valence-electron chi connectivity index (χ3n) is 3.97. The molecule has 2 aliphatic heterocycles. The summed E-state index contributed by atoms with van der Waals surface area (Å²) >= 11 is 4.03. The van der Waals surface area contributed by atoms with Crippen molar-refractivity contribution in [1.82, 2.24) is 0 Å². The van der Waals surface area contributed by atoms with Crippen molar-refractivity contribution < 1.29 is 17.6 Å². The predicted molar refractivity (Wildman–Crippen MR) is 118 cm³/mol. The van der Waals surface area contributed by atoms with Crippen LogP contribution in [0.15, 0.2) is 66.5 Å². The molecule has 2 aromatic carbocycles. The lowest BCUT2D eigenvalue weighted by Crippen LogP contribution is -2.05. The van der Waals surface area contributed by atoms with Crippen LogP contribution in [0.4, 0.5) is 17.6 Å². The minimum atomic E-state index is -0.773. The van der Waals surface area contributed by atoms with Crippen LogP contribution in [0.5, 0.6) is 0 Å². The van der Waals surface area contributed by atoms with Gasteiger partial charge in [-0.3, -0.25) is 0 Å². The predicted octanol–water partition coefficient (Wildman–Crippen LogP) is 6.35. The number of thioether (sulfide) groups is 2. The summed E-state index contributed by atoms with van der Waals surface area (Å²) in [7, 11) is 0. The van der Waals surface area contributed by atoms with Gasteiger partial charge in [0.2, 0.25) is 0 Å². The van der Waals surface area contributed by atoms with Crippen molar-refractivity contribution in [2.24, 2.45) is 0 Å². The zero-order valence-electron chi connectivity index (χ0n) is 14.0. The molecule has 0 bridgehead atoms. The number of halogens is 4. The van der Waals surface area contributed by atoms with Gasteiger partial charge in [-0.1, -0.05) is 35.7 Å². The van der Waals surface area contributed by atoms with Gasteiger partial charge < -0.3 is 0 Å². The second-order valence-corrected chi connectivity index (χ2v) is 10.1. The maximum Gasteiger partial charge on any atom is 0.343 e. The zero-order chi connectivity index (χ0) is 19.7. The molecule has 28 heavy (non-hydrogen) atoms. The van der Waals surface area contributed by atoms with Gasteiger partial charge in [0, 0.05) is 5.57 Å². The largest absolute Gasteiger partial charge is 0.343 e. The Hall–Kier alpha value is -1.48. The van der Waals surface area contributed by atoms with Crippen LogP contribution < -0.4 is 0 Å². The first kappa shape index (κ1) is 19.8. The summed E-state index contributed by atoms with van der Waals surface area (Å²) in [6.07, 6.45) is 0. The summed E-state index contributed by atoms with van der Waals surface area (Å²) in [6, 6.07) is 7.16. The molecule has 0 aromatic heterocycles. The molecule has 0 saturated heterocycles. The number of rotatable bonds is 3. The molecular formula is C20H12F4S4+2. The fourth-order valence-electron chi connectivity index (χ4n) is 2.85. The molecule has 0 unspecified atom stereocenters. The van der Waals surface area contributed by atoms with Gasteiger partial charge in [-0.25, -0.2) is 17.6 Å². The van der Waals surface area contributed by atoms with Crippen LogP contribution in [0.25, 0.3) is 11.1 Å². The van der Waals surface area contributed by atoms with E-state index < -0.39 is 23.3 Å². The average Bonchev–Trinajstić information content (AvgIpc) is 3.36. The molecule has 0 nitrogen and oxygen atoms in total. The van der Waals surface area contributed by atoms with E-state index in [2.05, 4.69) is 0 Å². The first-order valence-corrected chi connectivity index (χ1v) is 11.7. The molecule has 142 valence electrons. The summed E-state index contributed by atoms with van der Waals surface area (Å²) in [6.45, 7) is 0. The van der Waals surface area contributed by atoms with Gasteiger partial charge in [-0.15, -0.1) is 0 Å². The first-order valence-electron chi connectivity index (χ1n) is 8.00. The highest BCUT2D eigenvalue weighted by Crippen LogP contribution is 2.50. The van der Waals surface area contributed by atoms with Crippen LogP contribution in [0.3, 0.4) is 0 Å². The van der Waals surface area contributed by atoms with Crippen LogP contribution in [-0.4, -0.2) is 0 Å².